The van der Waals surface area contributed by atoms with Crippen LogP contribution in [-0.2, 0) is 33.9 Å². The number of alkyl carbamates (subject to hydrolysis) is 1. The summed E-state index contributed by atoms with van der Waals surface area (Å²) in [6.07, 6.45) is -2.15. The van der Waals surface area contributed by atoms with E-state index in [9.17, 15) is 19.5 Å². The summed E-state index contributed by atoms with van der Waals surface area (Å²) in [4.78, 5) is 41.7. The monoisotopic (exact) mass is 603 g/mol. The number of aliphatic hydroxyl groups excluding tert-OH is 1. The third-order valence-electron chi connectivity index (χ3n) is 7.89. The molecule has 9 heteroatoms. The lowest BCUT2D eigenvalue weighted by Gasteiger charge is -2.33. The van der Waals surface area contributed by atoms with E-state index < -0.39 is 34.9 Å². The number of amides is 3. The Kier molecular flexibility index (Phi) is 10.5. The van der Waals surface area contributed by atoms with Crippen LogP contribution in [0, 0.1) is 20.8 Å². The molecule has 8 nitrogen and oxygen atoms in total. The summed E-state index contributed by atoms with van der Waals surface area (Å²) in [6.45, 7) is 10.1. The average molecular weight is 604 g/mol. The van der Waals surface area contributed by atoms with Gasteiger partial charge in [0.2, 0.25) is 5.91 Å². The van der Waals surface area contributed by atoms with E-state index in [0.29, 0.717) is 6.54 Å². The molecular formula is C34H41N3O5S. The van der Waals surface area contributed by atoms with Crippen molar-refractivity contribution in [1.82, 2.24) is 15.5 Å². The second-order valence-corrected chi connectivity index (χ2v) is 13.2. The van der Waals surface area contributed by atoms with Crippen LogP contribution in [0.5, 0.6) is 0 Å². The summed E-state index contributed by atoms with van der Waals surface area (Å²) < 4.78 is 4.92. The molecule has 3 N–H and O–H groups in total. The SMILES string of the molecule is Cc1ccc(C)c(COC(=O)N[C@@H](Cc2ccccc2)[C@H](O)C(=O)N2CSC(C)(C)[C@H]2C(=O)NCc2ccccc2C)c1. The molecule has 3 atom stereocenters. The molecule has 43 heavy (non-hydrogen) atoms. The molecule has 3 aromatic rings. The maximum absolute atomic E-state index is 13.8. The van der Waals surface area contributed by atoms with Gasteiger partial charge >= 0.3 is 6.09 Å². The lowest BCUT2D eigenvalue weighted by atomic mass is 9.97. The van der Waals surface area contributed by atoms with E-state index in [2.05, 4.69) is 10.6 Å². The Hall–Kier alpha value is -3.82. The van der Waals surface area contributed by atoms with Gasteiger partial charge < -0.3 is 25.4 Å². The molecule has 4 rings (SSSR count). The number of nitrogens with zero attached hydrogens (tertiary/aromatic N) is 1. The zero-order chi connectivity index (χ0) is 31.1. The zero-order valence-corrected chi connectivity index (χ0v) is 26.2. The van der Waals surface area contributed by atoms with Crippen LogP contribution in [0.15, 0.2) is 72.8 Å². The summed E-state index contributed by atoms with van der Waals surface area (Å²) >= 11 is 1.47. The maximum atomic E-state index is 13.8. The van der Waals surface area contributed by atoms with Crippen molar-refractivity contribution in [3.8, 4) is 0 Å². The first-order valence-electron chi connectivity index (χ1n) is 14.4. The Balaban J connectivity index is 1.49. The molecule has 228 valence electrons. The highest BCUT2D eigenvalue weighted by molar-refractivity contribution is 8.00. The summed E-state index contributed by atoms with van der Waals surface area (Å²) in [6, 6.07) is 21.2. The van der Waals surface area contributed by atoms with Crippen LogP contribution < -0.4 is 10.6 Å². The molecule has 1 fully saturated rings. The van der Waals surface area contributed by atoms with Gasteiger partial charge in [-0.25, -0.2) is 4.79 Å². The van der Waals surface area contributed by atoms with Crippen LogP contribution in [0.25, 0.3) is 0 Å². The van der Waals surface area contributed by atoms with Crippen molar-refractivity contribution in [2.45, 2.75) is 77.1 Å². The minimum atomic E-state index is -1.60. The number of rotatable bonds is 10. The molecule has 1 heterocycles. The number of carbonyl (C=O) groups is 3. The van der Waals surface area contributed by atoms with Crippen molar-refractivity contribution in [1.29, 1.82) is 0 Å². The number of carbonyl (C=O) groups excluding carboxylic acids is 3. The highest BCUT2D eigenvalue weighted by Crippen LogP contribution is 2.40. The first-order valence-corrected chi connectivity index (χ1v) is 15.4. The summed E-state index contributed by atoms with van der Waals surface area (Å²) in [5.74, 6) is -0.676. The van der Waals surface area contributed by atoms with E-state index in [-0.39, 0.29) is 24.8 Å². The second kappa shape index (κ2) is 14.1. The van der Waals surface area contributed by atoms with Gasteiger partial charge in [-0.15, -0.1) is 11.8 Å². The average Bonchev–Trinajstić information content (AvgIpc) is 3.31. The van der Waals surface area contributed by atoms with Gasteiger partial charge in [0.25, 0.3) is 5.91 Å². The van der Waals surface area contributed by atoms with Crippen molar-refractivity contribution >= 4 is 29.7 Å². The quantitative estimate of drug-likeness (QED) is 0.307. The second-order valence-electron chi connectivity index (χ2n) is 11.6. The molecule has 0 saturated carbocycles. The Morgan fingerprint density at radius 3 is 2.37 bits per heavy atom. The lowest BCUT2D eigenvalue weighted by Crippen LogP contribution is -2.58. The molecular weight excluding hydrogens is 562 g/mol. The Morgan fingerprint density at radius 2 is 1.65 bits per heavy atom. The van der Waals surface area contributed by atoms with Gasteiger partial charge in [-0.1, -0.05) is 78.4 Å². The van der Waals surface area contributed by atoms with Gasteiger partial charge in [-0.2, -0.15) is 0 Å². The van der Waals surface area contributed by atoms with Crippen molar-refractivity contribution in [3.63, 3.8) is 0 Å². The predicted molar refractivity (Wildman–Crippen MR) is 169 cm³/mol. The lowest BCUT2D eigenvalue weighted by molar-refractivity contribution is -0.147. The van der Waals surface area contributed by atoms with Crippen LogP contribution in [0.1, 0.15) is 47.2 Å². The molecule has 0 spiro atoms. The van der Waals surface area contributed by atoms with Crippen LogP contribution >= 0.6 is 11.8 Å². The summed E-state index contributed by atoms with van der Waals surface area (Å²) in [7, 11) is 0. The summed E-state index contributed by atoms with van der Waals surface area (Å²) in [5.41, 5.74) is 5.81. The van der Waals surface area contributed by atoms with E-state index >= 15 is 0 Å². The van der Waals surface area contributed by atoms with E-state index in [1.165, 1.54) is 16.7 Å². The molecule has 0 aromatic heterocycles. The number of hydrogen-bond donors (Lipinski definition) is 3. The molecule has 0 unspecified atom stereocenters. The topological polar surface area (TPSA) is 108 Å². The van der Waals surface area contributed by atoms with E-state index in [4.69, 9.17) is 4.74 Å². The number of benzene rings is 3. The Morgan fingerprint density at radius 1 is 0.977 bits per heavy atom. The number of aliphatic hydroxyl groups is 1. The van der Waals surface area contributed by atoms with E-state index in [1.54, 1.807) is 0 Å². The van der Waals surface area contributed by atoms with Gasteiger partial charge in [-0.05, 0) is 68.9 Å². The Bertz CT molecular complexity index is 1440. The van der Waals surface area contributed by atoms with Crippen molar-refractivity contribution < 1.29 is 24.2 Å². The number of hydrogen-bond acceptors (Lipinski definition) is 6. The van der Waals surface area contributed by atoms with Crippen LogP contribution in [0.3, 0.4) is 0 Å². The molecule has 1 saturated heterocycles. The minimum Gasteiger partial charge on any atom is -0.445 e. The first kappa shape index (κ1) is 32.1. The number of ether oxygens (including phenoxy) is 1. The van der Waals surface area contributed by atoms with Gasteiger partial charge in [-0.3, -0.25) is 9.59 Å². The van der Waals surface area contributed by atoms with Gasteiger partial charge in [0.1, 0.15) is 12.6 Å². The summed E-state index contributed by atoms with van der Waals surface area (Å²) in [5, 5.41) is 17.1. The molecule has 1 aliphatic rings. The fraction of sp³-hybridized carbons (Fsp3) is 0.382. The smallest absolute Gasteiger partial charge is 0.407 e. The highest BCUT2D eigenvalue weighted by atomic mass is 32.2. The van der Waals surface area contributed by atoms with Crippen molar-refractivity contribution in [2.75, 3.05) is 5.88 Å². The van der Waals surface area contributed by atoms with Gasteiger partial charge in [0.15, 0.2) is 6.10 Å². The maximum Gasteiger partial charge on any atom is 0.407 e. The van der Waals surface area contributed by atoms with Crippen LogP contribution in [-0.4, -0.2) is 56.7 Å². The minimum absolute atomic E-state index is 0.0571. The zero-order valence-electron chi connectivity index (χ0n) is 25.4. The van der Waals surface area contributed by atoms with Crippen molar-refractivity contribution in [2.24, 2.45) is 0 Å². The van der Waals surface area contributed by atoms with Crippen LogP contribution in [0.4, 0.5) is 4.79 Å². The highest BCUT2D eigenvalue weighted by Gasteiger charge is 2.49. The third-order valence-corrected chi connectivity index (χ3v) is 9.27. The fourth-order valence-electron chi connectivity index (χ4n) is 5.24. The third kappa shape index (κ3) is 8.18. The normalized spacial score (nSPS) is 17.2. The largest absolute Gasteiger partial charge is 0.445 e. The van der Waals surface area contributed by atoms with Gasteiger partial charge in [0, 0.05) is 11.3 Å². The molecule has 0 aliphatic carbocycles. The molecule has 0 radical (unpaired) electrons. The molecule has 3 amide bonds. The van der Waals surface area contributed by atoms with E-state index in [0.717, 1.165) is 33.4 Å². The fourth-order valence-corrected chi connectivity index (χ4v) is 6.38. The number of thioether (sulfide) groups is 1. The predicted octanol–water partition coefficient (Wildman–Crippen LogP) is 4.81. The van der Waals surface area contributed by atoms with Crippen LogP contribution in [0.2, 0.25) is 0 Å². The molecule has 0 bridgehead atoms. The van der Waals surface area contributed by atoms with E-state index in [1.807, 2.05) is 107 Å². The molecule has 3 aromatic carbocycles. The number of nitrogens with one attached hydrogen (secondary N) is 2. The number of aryl methyl sites for hydroxylation is 3. The van der Waals surface area contributed by atoms with Crippen molar-refractivity contribution in [3.05, 3.63) is 106 Å². The first-order chi connectivity index (χ1) is 20.5. The molecule has 1 aliphatic heterocycles. The Labute approximate surface area is 258 Å². The standard InChI is InChI=1S/C34H41N3O5S/c1-22-15-16-24(3)27(17-22)20-42-33(41)36-28(18-25-12-7-6-8-13-25)29(38)32(40)37-21-43-34(4,5)30(37)31(39)35-19-26-14-10-9-11-23(26)2/h6-17,28-30,38H,18-21H2,1-5H3,(H,35,39)(H,36,41)/t28-,29-,30+/m0/s1. The van der Waals surface area contributed by atoms with Gasteiger partial charge in [0.05, 0.1) is 11.9 Å².